The Hall–Kier alpha value is -0.730. The molecule has 0 aliphatic heterocycles. The first-order valence-corrected chi connectivity index (χ1v) is 9.18. The number of rotatable bonds is 6. The van der Waals surface area contributed by atoms with E-state index in [1.165, 1.54) is 0 Å². The third kappa shape index (κ3) is 3.89. The molecule has 0 spiro atoms. The molecule has 0 radical (unpaired) electrons. The number of sulfonamides is 1. The second-order valence-electron chi connectivity index (χ2n) is 4.25. The van der Waals surface area contributed by atoms with Crippen molar-refractivity contribution in [3.63, 3.8) is 0 Å². The van der Waals surface area contributed by atoms with E-state index in [-0.39, 0.29) is 4.90 Å². The molecule has 0 aliphatic rings. The summed E-state index contributed by atoms with van der Waals surface area (Å²) in [5.74, 6) is 0. The van der Waals surface area contributed by atoms with Gasteiger partial charge in [-0.1, -0.05) is 6.07 Å². The van der Waals surface area contributed by atoms with Crippen LogP contribution in [0.4, 0.5) is 0 Å². The van der Waals surface area contributed by atoms with Crippen LogP contribution in [-0.2, 0) is 23.1 Å². The third-order valence-corrected chi connectivity index (χ3v) is 5.82. The summed E-state index contributed by atoms with van der Waals surface area (Å²) in [6.45, 7) is 0.998. The van der Waals surface area contributed by atoms with Gasteiger partial charge in [0.15, 0.2) is 0 Å². The van der Waals surface area contributed by atoms with E-state index in [0.717, 1.165) is 11.1 Å². The van der Waals surface area contributed by atoms with Gasteiger partial charge in [0.25, 0.3) is 0 Å². The number of thiophene rings is 1. The lowest BCUT2D eigenvalue weighted by Crippen LogP contribution is -2.23. The summed E-state index contributed by atoms with van der Waals surface area (Å²) in [6.07, 6.45) is 0. The predicted molar refractivity (Wildman–Crippen MR) is 85.3 cm³/mol. The van der Waals surface area contributed by atoms with Crippen molar-refractivity contribution >= 4 is 37.3 Å². The van der Waals surface area contributed by atoms with Crippen molar-refractivity contribution in [3.05, 3.63) is 50.6 Å². The monoisotopic (exact) mass is 374 g/mol. The van der Waals surface area contributed by atoms with Crippen LogP contribution in [0, 0.1) is 0 Å². The molecule has 4 nitrogen and oxygen atoms in total. The van der Waals surface area contributed by atoms with E-state index in [0.29, 0.717) is 17.6 Å². The molecule has 1 aromatic heterocycles. The van der Waals surface area contributed by atoms with Crippen LogP contribution in [0.2, 0.25) is 0 Å². The van der Waals surface area contributed by atoms with Crippen molar-refractivity contribution < 1.29 is 8.42 Å². The molecule has 0 fully saturated rings. The van der Waals surface area contributed by atoms with Crippen molar-refractivity contribution in [2.75, 3.05) is 7.05 Å². The second kappa shape index (κ2) is 6.82. The van der Waals surface area contributed by atoms with Gasteiger partial charge in [0.2, 0.25) is 10.0 Å². The summed E-state index contributed by atoms with van der Waals surface area (Å²) in [4.78, 5) is 0.257. The molecule has 1 heterocycles. The summed E-state index contributed by atoms with van der Waals surface area (Å²) >= 11 is 4.87. The van der Waals surface area contributed by atoms with Gasteiger partial charge in [0.05, 0.1) is 4.90 Å². The van der Waals surface area contributed by atoms with E-state index in [1.807, 2.05) is 29.9 Å². The zero-order valence-electron chi connectivity index (χ0n) is 10.9. The fourth-order valence-corrected chi connectivity index (χ4v) is 4.53. The third-order valence-electron chi connectivity index (χ3n) is 2.71. The molecule has 2 N–H and O–H groups in total. The number of hydrogen-bond donors (Lipinski definition) is 2. The standard InChI is InChI=1S/C13H15BrN2O2S2/c1-15-7-10-2-3-13(12(14)6-10)20(17,18)16-8-11-4-5-19-9-11/h2-6,9,15-16H,7-8H2,1H3. The molecule has 1 aromatic carbocycles. The van der Waals surface area contributed by atoms with Crippen LogP contribution in [0.3, 0.4) is 0 Å². The molecule has 7 heteroatoms. The minimum Gasteiger partial charge on any atom is -0.316 e. The lowest BCUT2D eigenvalue weighted by molar-refractivity contribution is 0.581. The molecule has 108 valence electrons. The Morgan fingerprint density at radius 1 is 1.20 bits per heavy atom. The summed E-state index contributed by atoms with van der Waals surface area (Å²) in [7, 11) is -1.66. The van der Waals surface area contributed by atoms with E-state index in [2.05, 4.69) is 26.0 Å². The highest BCUT2D eigenvalue weighted by molar-refractivity contribution is 9.10. The maximum atomic E-state index is 12.3. The van der Waals surface area contributed by atoms with Crippen LogP contribution >= 0.6 is 27.3 Å². The minimum atomic E-state index is -3.51. The Morgan fingerprint density at radius 3 is 2.60 bits per heavy atom. The van der Waals surface area contributed by atoms with E-state index in [1.54, 1.807) is 23.5 Å². The molecule has 20 heavy (non-hydrogen) atoms. The van der Waals surface area contributed by atoms with E-state index < -0.39 is 10.0 Å². The van der Waals surface area contributed by atoms with Gasteiger partial charge in [-0.05, 0) is 63.1 Å². The Balaban J connectivity index is 2.16. The number of halogens is 1. The smallest absolute Gasteiger partial charge is 0.241 e. The summed E-state index contributed by atoms with van der Waals surface area (Å²) in [6, 6.07) is 7.14. The lowest BCUT2D eigenvalue weighted by Gasteiger charge is -2.09. The first-order valence-electron chi connectivity index (χ1n) is 5.96. The average molecular weight is 375 g/mol. The summed E-state index contributed by atoms with van der Waals surface area (Å²) < 4.78 is 27.7. The van der Waals surface area contributed by atoms with Crippen LogP contribution in [-0.4, -0.2) is 15.5 Å². The Bertz CT molecular complexity index is 670. The maximum absolute atomic E-state index is 12.3. The highest BCUT2D eigenvalue weighted by Gasteiger charge is 2.17. The summed E-state index contributed by atoms with van der Waals surface area (Å²) in [5, 5.41) is 6.88. The van der Waals surface area contributed by atoms with E-state index in [4.69, 9.17) is 0 Å². The molecule has 0 saturated heterocycles. The molecule has 0 unspecified atom stereocenters. The molecule has 2 rings (SSSR count). The minimum absolute atomic E-state index is 0.257. The van der Waals surface area contributed by atoms with Gasteiger partial charge < -0.3 is 5.32 Å². The molecule has 0 saturated carbocycles. The quantitative estimate of drug-likeness (QED) is 0.816. The van der Waals surface area contributed by atoms with Crippen LogP contribution in [0.1, 0.15) is 11.1 Å². The highest BCUT2D eigenvalue weighted by Crippen LogP contribution is 2.23. The van der Waals surface area contributed by atoms with Gasteiger partial charge in [-0.15, -0.1) is 0 Å². The first kappa shape index (κ1) is 15.7. The molecule has 2 aromatic rings. The highest BCUT2D eigenvalue weighted by atomic mass is 79.9. The maximum Gasteiger partial charge on any atom is 0.241 e. The van der Waals surface area contributed by atoms with E-state index in [9.17, 15) is 8.42 Å². The van der Waals surface area contributed by atoms with Gasteiger partial charge in [0, 0.05) is 17.6 Å². The molecule has 0 aliphatic carbocycles. The largest absolute Gasteiger partial charge is 0.316 e. The normalized spacial score (nSPS) is 11.7. The topological polar surface area (TPSA) is 58.2 Å². The van der Waals surface area contributed by atoms with Gasteiger partial charge in [-0.3, -0.25) is 0 Å². The van der Waals surface area contributed by atoms with Crippen molar-refractivity contribution in [1.29, 1.82) is 0 Å². The average Bonchev–Trinajstić information content (AvgIpc) is 2.90. The lowest BCUT2D eigenvalue weighted by atomic mass is 10.2. The van der Waals surface area contributed by atoms with Crippen molar-refractivity contribution in [1.82, 2.24) is 10.0 Å². The fraction of sp³-hybridized carbons (Fsp3) is 0.231. The Labute approximate surface area is 131 Å². The van der Waals surface area contributed by atoms with Crippen molar-refractivity contribution in [2.45, 2.75) is 18.0 Å². The van der Waals surface area contributed by atoms with Crippen LogP contribution in [0.15, 0.2) is 44.4 Å². The van der Waals surface area contributed by atoms with Crippen molar-refractivity contribution in [2.24, 2.45) is 0 Å². The van der Waals surface area contributed by atoms with E-state index >= 15 is 0 Å². The molecular formula is C13H15BrN2O2S2. The number of hydrogen-bond acceptors (Lipinski definition) is 4. The first-order chi connectivity index (χ1) is 9.53. The zero-order valence-corrected chi connectivity index (χ0v) is 14.1. The van der Waals surface area contributed by atoms with Gasteiger partial charge >= 0.3 is 0 Å². The molecule has 0 bridgehead atoms. The molecular weight excluding hydrogens is 360 g/mol. The van der Waals surface area contributed by atoms with Gasteiger partial charge in [-0.25, -0.2) is 13.1 Å². The Morgan fingerprint density at radius 2 is 2.00 bits per heavy atom. The number of benzene rings is 1. The van der Waals surface area contributed by atoms with Crippen LogP contribution in [0.5, 0.6) is 0 Å². The molecule has 0 amide bonds. The zero-order chi connectivity index (χ0) is 14.6. The predicted octanol–water partition coefficient (Wildman–Crippen LogP) is 2.71. The van der Waals surface area contributed by atoms with Crippen LogP contribution in [0.25, 0.3) is 0 Å². The number of nitrogens with one attached hydrogen (secondary N) is 2. The second-order valence-corrected chi connectivity index (χ2v) is 7.62. The van der Waals surface area contributed by atoms with Crippen LogP contribution < -0.4 is 10.0 Å². The van der Waals surface area contributed by atoms with Gasteiger partial charge in [-0.2, -0.15) is 11.3 Å². The van der Waals surface area contributed by atoms with Gasteiger partial charge in [0.1, 0.15) is 0 Å². The summed E-state index contributed by atoms with van der Waals surface area (Å²) in [5.41, 5.74) is 1.98. The van der Waals surface area contributed by atoms with Crippen molar-refractivity contribution in [3.8, 4) is 0 Å². The Kier molecular flexibility index (Phi) is 5.34. The fourth-order valence-electron chi connectivity index (χ4n) is 1.73. The SMILES string of the molecule is CNCc1ccc(S(=O)(=O)NCc2ccsc2)c(Br)c1. The molecule has 0 atom stereocenters.